The van der Waals surface area contributed by atoms with Crippen LogP contribution in [0.4, 0.5) is 0 Å². The summed E-state index contributed by atoms with van der Waals surface area (Å²) in [6.07, 6.45) is 1.63. The van der Waals surface area contributed by atoms with Gasteiger partial charge >= 0.3 is 0 Å². The number of Topliss-reactive ketones (excluding diaryl/α,β-unsaturated/α-hetero) is 1. The van der Waals surface area contributed by atoms with E-state index < -0.39 is 0 Å². The predicted octanol–water partition coefficient (Wildman–Crippen LogP) is 3.42. The normalized spacial score (nSPS) is 11.9. The first-order valence-corrected chi connectivity index (χ1v) is 5.85. The fraction of sp³-hybridized carbons (Fsp3) is 0.200. The van der Waals surface area contributed by atoms with Gasteiger partial charge < -0.3 is 4.74 Å². The molecule has 0 saturated heterocycles. The third kappa shape index (κ3) is 2.94. The summed E-state index contributed by atoms with van der Waals surface area (Å²) in [6, 6.07) is 12.9. The molecule has 0 aliphatic carbocycles. The number of nitrogens with zero attached hydrogens (tertiary/aromatic N) is 1. The highest BCUT2D eigenvalue weighted by Gasteiger charge is 2.08. The minimum Gasteiger partial charge on any atom is -0.484 e. The molecule has 0 radical (unpaired) electrons. The topological polar surface area (TPSA) is 39.2 Å². The molecule has 0 saturated carbocycles. The summed E-state index contributed by atoms with van der Waals surface area (Å²) in [5.74, 6) is 0.789. The van der Waals surface area contributed by atoms with Gasteiger partial charge in [-0.25, -0.2) is 0 Å². The van der Waals surface area contributed by atoms with Crippen LogP contribution >= 0.6 is 0 Å². The number of ketones is 1. The van der Waals surface area contributed by atoms with Gasteiger partial charge in [-0.2, -0.15) is 0 Å². The molecule has 3 heteroatoms. The summed E-state index contributed by atoms with van der Waals surface area (Å²) in [5, 5.41) is 0. The fourth-order valence-corrected chi connectivity index (χ4v) is 1.65. The van der Waals surface area contributed by atoms with Crippen molar-refractivity contribution in [2.45, 2.75) is 20.0 Å². The predicted molar refractivity (Wildman–Crippen MR) is 69.7 cm³/mol. The van der Waals surface area contributed by atoms with E-state index in [9.17, 15) is 4.79 Å². The van der Waals surface area contributed by atoms with Crippen molar-refractivity contribution in [1.82, 2.24) is 4.98 Å². The van der Waals surface area contributed by atoms with Gasteiger partial charge in [0, 0.05) is 11.8 Å². The molecular weight excluding hydrogens is 226 g/mol. The monoisotopic (exact) mass is 241 g/mol. The Bertz CT molecular complexity index is 520. The summed E-state index contributed by atoms with van der Waals surface area (Å²) < 4.78 is 5.76. The zero-order chi connectivity index (χ0) is 13.0. The Morgan fingerprint density at radius 1 is 1.17 bits per heavy atom. The molecule has 3 nitrogen and oxygen atoms in total. The maximum absolute atomic E-state index is 11.1. The quantitative estimate of drug-likeness (QED) is 0.770. The third-order valence-electron chi connectivity index (χ3n) is 2.68. The number of pyridine rings is 1. The maximum atomic E-state index is 11.1. The number of rotatable bonds is 4. The van der Waals surface area contributed by atoms with Gasteiger partial charge in [-0.05, 0) is 50.2 Å². The van der Waals surface area contributed by atoms with Crippen LogP contribution in [-0.4, -0.2) is 10.8 Å². The van der Waals surface area contributed by atoms with Crippen LogP contribution in [0, 0.1) is 0 Å². The van der Waals surface area contributed by atoms with Crippen molar-refractivity contribution >= 4 is 5.78 Å². The van der Waals surface area contributed by atoms with Crippen LogP contribution in [0.15, 0.2) is 48.7 Å². The minimum atomic E-state index is -0.116. The second kappa shape index (κ2) is 5.45. The van der Waals surface area contributed by atoms with E-state index in [-0.39, 0.29) is 11.9 Å². The third-order valence-corrected chi connectivity index (χ3v) is 2.68. The van der Waals surface area contributed by atoms with Crippen molar-refractivity contribution < 1.29 is 9.53 Å². The molecule has 1 aromatic carbocycles. The van der Waals surface area contributed by atoms with Crippen LogP contribution in [0.5, 0.6) is 5.75 Å². The van der Waals surface area contributed by atoms with Crippen molar-refractivity contribution in [2.75, 3.05) is 0 Å². The zero-order valence-electron chi connectivity index (χ0n) is 10.5. The number of aromatic nitrogens is 1. The van der Waals surface area contributed by atoms with Gasteiger partial charge in [-0.3, -0.25) is 9.78 Å². The second-order valence-corrected chi connectivity index (χ2v) is 4.10. The van der Waals surface area contributed by atoms with E-state index in [0.29, 0.717) is 5.56 Å². The SMILES string of the molecule is CC(=O)c1ccc(OC(C)c2ccccn2)cc1. The Balaban J connectivity index is 2.08. The molecule has 1 aromatic heterocycles. The Kier molecular flexibility index (Phi) is 3.72. The summed E-state index contributed by atoms with van der Waals surface area (Å²) in [4.78, 5) is 15.4. The highest BCUT2D eigenvalue weighted by Crippen LogP contribution is 2.20. The molecule has 0 fully saturated rings. The molecule has 0 amide bonds. The Morgan fingerprint density at radius 3 is 2.44 bits per heavy atom. The minimum absolute atomic E-state index is 0.0549. The summed E-state index contributed by atoms with van der Waals surface area (Å²) in [6.45, 7) is 3.49. The van der Waals surface area contributed by atoms with E-state index in [1.54, 1.807) is 37.4 Å². The molecule has 2 aromatic rings. The van der Waals surface area contributed by atoms with E-state index in [1.165, 1.54) is 0 Å². The number of carbonyl (C=O) groups is 1. The lowest BCUT2D eigenvalue weighted by Gasteiger charge is -2.14. The zero-order valence-corrected chi connectivity index (χ0v) is 10.5. The molecule has 0 bridgehead atoms. The number of carbonyl (C=O) groups excluding carboxylic acids is 1. The average Bonchev–Trinajstić information content (AvgIpc) is 2.40. The lowest BCUT2D eigenvalue weighted by atomic mass is 10.1. The molecule has 92 valence electrons. The van der Waals surface area contributed by atoms with Gasteiger partial charge in [-0.15, -0.1) is 0 Å². The highest BCUT2D eigenvalue weighted by molar-refractivity contribution is 5.94. The van der Waals surface area contributed by atoms with Crippen molar-refractivity contribution in [3.8, 4) is 5.75 Å². The largest absolute Gasteiger partial charge is 0.484 e. The van der Waals surface area contributed by atoms with Gasteiger partial charge in [0.25, 0.3) is 0 Å². The first-order chi connectivity index (χ1) is 8.66. The number of benzene rings is 1. The Labute approximate surface area is 106 Å². The lowest BCUT2D eigenvalue weighted by Crippen LogP contribution is -2.05. The second-order valence-electron chi connectivity index (χ2n) is 4.10. The Hall–Kier alpha value is -2.16. The summed E-state index contributed by atoms with van der Waals surface area (Å²) in [5.41, 5.74) is 1.57. The Morgan fingerprint density at radius 2 is 1.89 bits per heavy atom. The van der Waals surface area contributed by atoms with Crippen LogP contribution in [0.3, 0.4) is 0 Å². The van der Waals surface area contributed by atoms with Crippen LogP contribution < -0.4 is 4.74 Å². The molecule has 0 N–H and O–H groups in total. The van der Waals surface area contributed by atoms with Gasteiger partial charge in [0.05, 0.1) is 5.69 Å². The average molecular weight is 241 g/mol. The first-order valence-electron chi connectivity index (χ1n) is 5.85. The van der Waals surface area contributed by atoms with Crippen LogP contribution in [0.2, 0.25) is 0 Å². The number of ether oxygens (including phenoxy) is 1. The molecule has 2 rings (SSSR count). The van der Waals surface area contributed by atoms with Crippen molar-refractivity contribution in [3.05, 3.63) is 59.9 Å². The van der Waals surface area contributed by atoms with Crippen molar-refractivity contribution in [2.24, 2.45) is 0 Å². The lowest BCUT2D eigenvalue weighted by molar-refractivity contribution is 0.101. The van der Waals surface area contributed by atoms with E-state index in [0.717, 1.165) is 11.4 Å². The van der Waals surface area contributed by atoms with Gasteiger partial charge in [0.1, 0.15) is 11.9 Å². The summed E-state index contributed by atoms with van der Waals surface area (Å²) >= 11 is 0. The number of hydrogen-bond acceptors (Lipinski definition) is 3. The number of hydrogen-bond donors (Lipinski definition) is 0. The molecule has 0 aliphatic rings. The van der Waals surface area contributed by atoms with Gasteiger partial charge in [0.15, 0.2) is 5.78 Å². The molecule has 1 heterocycles. The van der Waals surface area contributed by atoms with E-state index in [4.69, 9.17) is 4.74 Å². The molecule has 0 aliphatic heterocycles. The van der Waals surface area contributed by atoms with Crippen molar-refractivity contribution in [3.63, 3.8) is 0 Å². The molecule has 1 atom stereocenters. The van der Waals surface area contributed by atoms with Crippen LogP contribution in [-0.2, 0) is 0 Å². The molecule has 0 spiro atoms. The van der Waals surface area contributed by atoms with Crippen LogP contribution in [0.1, 0.15) is 36.0 Å². The maximum Gasteiger partial charge on any atom is 0.159 e. The van der Waals surface area contributed by atoms with E-state index >= 15 is 0 Å². The fourth-order valence-electron chi connectivity index (χ4n) is 1.65. The first kappa shape index (κ1) is 12.3. The standard InChI is InChI=1S/C15H15NO2/c1-11(17)13-6-8-14(9-7-13)18-12(2)15-5-3-4-10-16-15/h3-10,12H,1-2H3. The van der Waals surface area contributed by atoms with E-state index in [2.05, 4.69) is 4.98 Å². The molecular formula is C15H15NO2. The van der Waals surface area contributed by atoms with Crippen LogP contribution in [0.25, 0.3) is 0 Å². The molecule has 1 unspecified atom stereocenters. The summed E-state index contributed by atoms with van der Waals surface area (Å²) in [7, 11) is 0. The molecule has 18 heavy (non-hydrogen) atoms. The van der Waals surface area contributed by atoms with Gasteiger partial charge in [-0.1, -0.05) is 6.07 Å². The van der Waals surface area contributed by atoms with Gasteiger partial charge in [0.2, 0.25) is 0 Å². The van der Waals surface area contributed by atoms with E-state index in [1.807, 2.05) is 25.1 Å². The smallest absolute Gasteiger partial charge is 0.159 e. The highest BCUT2D eigenvalue weighted by atomic mass is 16.5. The van der Waals surface area contributed by atoms with Crippen molar-refractivity contribution in [1.29, 1.82) is 0 Å².